The van der Waals surface area contributed by atoms with Gasteiger partial charge in [-0.3, -0.25) is 0 Å². The van der Waals surface area contributed by atoms with Gasteiger partial charge in [-0.2, -0.15) is 0 Å². The Morgan fingerprint density at radius 3 is 1.18 bits per heavy atom. The molecule has 0 N–H and O–H groups in total. The number of hydrogen-bond donors (Lipinski definition) is 0. The minimum atomic E-state index is -6.00. The molecule has 239 valence electrons. The summed E-state index contributed by atoms with van der Waals surface area (Å²) >= 11 is 0. The first kappa shape index (κ1) is 36.9. The molecule has 0 aromatic heterocycles. The molecule has 0 spiro atoms. The van der Waals surface area contributed by atoms with E-state index in [1.54, 1.807) is 10.6 Å². The van der Waals surface area contributed by atoms with Crippen LogP contribution in [0.4, 0.5) is 17.3 Å². The van der Waals surface area contributed by atoms with E-state index < -0.39 is 7.25 Å². The van der Waals surface area contributed by atoms with Gasteiger partial charge in [-0.1, -0.05) is 125 Å². The van der Waals surface area contributed by atoms with E-state index in [9.17, 15) is 17.3 Å². The van der Waals surface area contributed by atoms with Gasteiger partial charge >= 0.3 is 7.25 Å². The van der Waals surface area contributed by atoms with Gasteiger partial charge in [0, 0.05) is 19.5 Å². The number of benzene rings is 3. The quantitative estimate of drug-likeness (QED) is 0.103. The third-order valence-corrected chi connectivity index (χ3v) is 14.7. The summed E-state index contributed by atoms with van der Waals surface area (Å²) in [7, 11) is -6.05. The van der Waals surface area contributed by atoms with Crippen LogP contribution in [0.2, 0.25) is 0 Å². The molecule has 2 aliphatic heterocycles. The van der Waals surface area contributed by atoms with Crippen LogP contribution in [0, 0.1) is 0 Å². The van der Waals surface area contributed by atoms with Gasteiger partial charge in [0.15, 0.2) is 0 Å². The molecule has 8 heteroatoms. The molecule has 4 atom stereocenters. The molecule has 3 aliphatic rings. The van der Waals surface area contributed by atoms with Gasteiger partial charge < -0.3 is 17.3 Å². The normalized spacial score (nSPS) is 24.3. The second kappa shape index (κ2) is 19.8. The number of rotatable bonds is 6. The number of halogens is 4. The van der Waals surface area contributed by atoms with Crippen LogP contribution in [-0.4, -0.2) is 30.9 Å². The van der Waals surface area contributed by atoms with Crippen molar-refractivity contribution in [1.29, 1.82) is 0 Å². The standard InChI is InChI=1S/C28H32P2.C8H12.BF4.Rh/c1-3-11-23(12-4-1)21-25-15-9-19-29(25)27-17-7-8-18-28(27)30-20-10-16-26(30)22-24-13-5-2-6-14-24;1-2-4-6-8-7-5-3-1;2-1(3,4)5;/h1-8,11-14,17-18,25-26H,9-10,15-16,19-22H2;1-2,7-8H,3-6H2;;/q;;-1;/b;2-1-,8-7-;;/t25-,26-,29-,30-;;;/m1.../s1. The molecule has 2 heterocycles. The molecule has 0 nitrogen and oxygen atoms in total. The minimum absolute atomic E-state index is 0. The Morgan fingerprint density at radius 1 is 0.523 bits per heavy atom. The minimum Gasteiger partial charge on any atom is -0.418 e. The molecular weight excluding hydrogens is 684 g/mol. The first-order chi connectivity index (χ1) is 20.9. The van der Waals surface area contributed by atoms with Crippen molar-refractivity contribution in [2.24, 2.45) is 0 Å². The van der Waals surface area contributed by atoms with E-state index in [2.05, 4.69) is 109 Å². The van der Waals surface area contributed by atoms with Crippen LogP contribution < -0.4 is 10.6 Å². The molecule has 2 saturated heterocycles. The fraction of sp³-hybridized carbons (Fsp3) is 0.389. The van der Waals surface area contributed by atoms with Gasteiger partial charge in [0.2, 0.25) is 0 Å². The van der Waals surface area contributed by atoms with Crippen molar-refractivity contribution in [3.63, 3.8) is 0 Å². The van der Waals surface area contributed by atoms with Gasteiger partial charge in [0.25, 0.3) is 0 Å². The fourth-order valence-corrected chi connectivity index (χ4v) is 13.3. The molecule has 0 saturated carbocycles. The average Bonchev–Trinajstić information content (AvgIpc) is 3.63. The van der Waals surface area contributed by atoms with Crippen molar-refractivity contribution in [2.75, 3.05) is 12.3 Å². The average molecular weight is 728 g/mol. The van der Waals surface area contributed by atoms with Gasteiger partial charge in [-0.05, 0) is 110 Å². The van der Waals surface area contributed by atoms with Crippen LogP contribution in [0.25, 0.3) is 0 Å². The summed E-state index contributed by atoms with van der Waals surface area (Å²) in [5, 5.41) is 3.55. The van der Waals surface area contributed by atoms with Crippen molar-refractivity contribution in [3.8, 4) is 0 Å². The monoisotopic (exact) mass is 728 g/mol. The predicted octanol–water partition coefficient (Wildman–Crippen LogP) is 10.7. The molecule has 6 rings (SSSR count). The maximum absolute atomic E-state index is 9.75. The van der Waals surface area contributed by atoms with Gasteiger partial charge in [0.05, 0.1) is 0 Å². The molecule has 44 heavy (non-hydrogen) atoms. The van der Waals surface area contributed by atoms with E-state index >= 15 is 0 Å². The second-order valence-electron chi connectivity index (χ2n) is 11.4. The van der Waals surface area contributed by atoms with Crippen molar-refractivity contribution in [1.82, 2.24) is 0 Å². The largest absolute Gasteiger partial charge is 0.673 e. The van der Waals surface area contributed by atoms with Crippen molar-refractivity contribution < 1.29 is 36.7 Å². The number of allylic oxidation sites excluding steroid dienone is 4. The van der Waals surface area contributed by atoms with E-state index in [4.69, 9.17) is 0 Å². The summed E-state index contributed by atoms with van der Waals surface area (Å²) in [5.74, 6) is 0. The number of hydrogen-bond acceptors (Lipinski definition) is 0. The van der Waals surface area contributed by atoms with Crippen LogP contribution in [0.15, 0.2) is 109 Å². The predicted molar refractivity (Wildman–Crippen MR) is 183 cm³/mol. The Morgan fingerprint density at radius 2 is 0.841 bits per heavy atom. The molecule has 3 aromatic rings. The fourth-order valence-electron chi connectivity index (χ4n) is 6.31. The maximum atomic E-state index is 9.75. The Bertz CT molecular complexity index is 1160. The van der Waals surface area contributed by atoms with Crippen LogP contribution in [-0.2, 0) is 32.3 Å². The summed E-state index contributed by atoms with van der Waals surface area (Å²) in [5.41, 5.74) is 4.80. The van der Waals surface area contributed by atoms with E-state index in [0.717, 1.165) is 11.3 Å². The zero-order valence-electron chi connectivity index (χ0n) is 25.3. The van der Waals surface area contributed by atoms with Gasteiger partial charge in [-0.15, -0.1) is 0 Å². The topological polar surface area (TPSA) is 0 Å². The third kappa shape index (κ3) is 13.0. The van der Waals surface area contributed by atoms with E-state index in [1.165, 1.54) is 87.7 Å². The molecule has 0 bridgehead atoms. The molecule has 0 unspecified atom stereocenters. The SMILES string of the molecule is C1=C\CC/C=C\CC/1.F[B-](F)(F)F.[Rh].c1ccc(C[C@H]2CCC[P@@]2c2ccccc2[P@]2CCC[C@@H]2Cc2ccccc2)cc1. The summed E-state index contributed by atoms with van der Waals surface area (Å²) in [4.78, 5) is 0. The van der Waals surface area contributed by atoms with Crippen LogP contribution in [0.5, 0.6) is 0 Å². The second-order valence-corrected chi connectivity index (χ2v) is 16.6. The molecule has 1 radical (unpaired) electrons. The smallest absolute Gasteiger partial charge is 0.418 e. The molecule has 1 aliphatic carbocycles. The van der Waals surface area contributed by atoms with Crippen LogP contribution >= 0.6 is 15.8 Å². The van der Waals surface area contributed by atoms with Gasteiger partial charge in [0.1, 0.15) is 0 Å². The summed E-state index contributed by atoms with van der Waals surface area (Å²) in [6.07, 6.45) is 25.1. The zero-order chi connectivity index (χ0) is 30.3. The van der Waals surface area contributed by atoms with Crippen LogP contribution in [0.1, 0.15) is 62.5 Å². The Hall–Kier alpha value is -1.59. The molecule has 3 aromatic carbocycles. The summed E-state index contributed by atoms with van der Waals surface area (Å²) < 4.78 is 39.0. The first-order valence-electron chi connectivity index (χ1n) is 15.8. The Balaban J connectivity index is 0.000000317. The Kier molecular flexibility index (Phi) is 16.6. The zero-order valence-corrected chi connectivity index (χ0v) is 28.8. The van der Waals surface area contributed by atoms with E-state index in [1.807, 2.05) is 0 Å². The first-order valence-corrected chi connectivity index (χ1v) is 18.9. The van der Waals surface area contributed by atoms with Crippen molar-refractivity contribution in [2.45, 2.75) is 75.5 Å². The summed E-state index contributed by atoms with van der Waals surface area (Å²) in [6, 6.07) is 32.1. The van der Waals surface area contributed by atoms with Crippen LogP contribution in [0.3, 0.4) is 0 Å². The van der Waals surface area contributed by atoms with E-state index in [0.29, 0.717) is 0 Å². The third-order valence-electron chi connectivity index (χ3n) is 8.22. The van der Waals surface area contributed by atoms with Crippen molar-refractivity contribution in [3.05, 3.63) is 120 Å². The van der Waals surface area contributed by atoms with Gasteiger partial charge in [-0.25, -0.2) is 0 Å². The summed E-state index contributed by atoms with van der Waals surface area (Å²) in [6.45, 7) is 0. The Labute approximate surface area is 277 Å². The van der Waals surface area contributed by atoms with E-state index in [-0.39, 0.29) is 35.3 Å². The molecule has 0 amide bonds. The van der Waals surface area contributed by atoms with Crippen molar-refractivity contribution >= 4 is 33.7 Å². The molecular formula is C36H44BF4P2Rh-. The molecule has 2 fully saturated rings. The maximum Gasteiger partial charge on any atom is 0.673 e.